The second-order valence-electron chi connectivity index (χ2n) is 13.5. The number of aliphatic hydroxyl groups excluding tert-OH is 1. The number of aliphatic hydroxyl groups is 1. The molecule has 13 heteroatoms. The zero-order chi connectivity index (χ0) is 33.0. The highest BCUT2D eigenvalue weighted by atomic mass is 32.2. The van der Waals surface area contributed by atoms with E-state index in [-0.39, 0.29) is 30.4 Å². The van der Waals surface area contributed by atoms with Gasteiger partial charge in [0.05, 0.1) is 17.5 Å². The normalized spacial score (nSPS) is 25.6. The number of sulfonamides is 1. The summed E-state index contributed by atoms with van der Waals surface area (Å²) in [5, 5.41) is 29.3. The summed E-state index contributed by atoms with van der Waals surface area (Å²) in [5.74, 6) is -1.66. The number of likely N-dealkylation sites (tertiary alicyclic amines) is 1. The number of fused-ring (bicyclic) bond motifs is 1. The molecule has 3 aliphatic rings. The molecular formula is C32H49N5O7S. The van der Waals surface area contributed by atoms with Crippen LogP contribution in [0.5, 0.6) is 0 Å². The summed E-state index contributed by atoms with van der Waals surface area (Å²) < 4.78 is 27.5. The first-order valence-electron chi connectivity index (χ1n) is 16.0. The molecule has 1 aromatic rings. The molecule has 5 N–H and O–H groups in total. The van der Waals surface area contributed by atoms with Crippen molar-refractivity contribution in [1.29, 1.82) is 0 Å². The predicted octanol–water partition coefficient (Wildman–Crippen LogP) is 2.78. The van der Waals surface area contributed by atoms with Gasteiger partial charge in [-0.2, -0.15) is 4.31 Å². The fourth-order valence-corrected chi connectivity index (χ4v) is 7.87. The number of aliphatic carboxylic acids is 1. The van der Waals surface area contributed by atoms with Crippen LogP contribution in [0.1, 0.15) is 78.2 Å². The molecule has 3 amide bonds. The molecule has 1 aliphatic carbocycles. The van der Waals surface area contributed by atoms with E-state index in [1.54, 1.807) is 24.3 Å². The van der Waals surface area contributed by atoms with Gasteiger partial charge in [0.2, 0.25) is 15.9 Å². The minimum Gasteiger partial charge on any atom is -0.480 e. The average Bonchev–Trinajstić information content (AvgIpc) is 3.32. The Bertz CT molecular complexity index is 1380. The number of carbonyl (C=O) groups excluding carboxylic acids is 2. The number of nitrogens with zero attached hydrogens (tertiary/aromatic N) is 2. The monoisotopic (exact) mass is 647 g/mol. The molecule has 1 saturated heterocycles. The van der Waals surface area contributed by atoms with Crippen molar-refractivity contribution in [1.82, 2.24) is 25.2 Å². The SMILES string of the molecule is CCCCC/C=C\C1C[C@]1(NC(O)[C@@H]1CCCN1C(=O)CNC(=O)NC(CN1Cc2ccccc2S1(=O)=O)C(C)(C)C)C(=O)O. The molecule has 250 valence electrons. The molecule has 3 unspecified atom stereocenters. The number of amides is 3. The van der Waals surface area contributed by atoms with Crippen molar-refractivity contribution in [2.24, 2.45) is 11.3 Å². The minimum absolute atomic E-state index is 0.0637. The smallest absolute Gasteiger partial charge is 0.324 e. The van der Waals surface area contributed by atoms with Gasteiger partial charge in [-0.25, -0.2) is 13.2 Å². The molecule has 0 aromatic heterocycles. The number of allylic oxidation sites excluding steroid dienone is 1. The van der Waals surface area contributed by atoms with Gasteiger partial charge in [0, 0.05) is 31.6 Å². The van der Waals surface area contributed by atoms with Gasteiger partial charge < -0.3 is 25.7 Å². The molecule has 1 saturated carbocycles. The Kier molecular flexibility index (Phi) is 11.0. The van der Waals surface area contributed by atoms with Crippen molar-refractivity contribution in [3.63, 3.8) is 0 Å². The molecule has 12 nitrogen and oxygen atoms in total. The number of nitrogens with one attached hydrogen (secondary N) is 3. The third-order valence-corrected chi connectivity index (χ3v) is 11.1. The van der Waals surface area contributed by atoms with Crippen LogP contribution in [0.25, 0.3) is 0 Å². The Morgan fingerprint density at radius 1 is 1.18 bits per heavy atom. The Morgan fingerprint density at radius 2 is 1.91 bits per heavy atom. The maximum Gasteiger partial charge on any atom is 0.324 e. The predicted molar refractivity (Wildman–Crippen MR) is 169 cm³/mol. The Labute approximate surface area is 266 Å². The van der Waals surface area contributed by atoms with Crippen LogP contribution in [0.3, 0.4) is 0 Å². The number of hydrogen-bond acceptors (Lipinski definition) is 7. The van der Waals surface area contributed by atoms with Gasteiger partial charge in [0.25, 0.3) is 0 Å². The van der Waals surface area contributed by atoms with E-state index in [9.17, 15) is 33.0 Å². The number of carboxylic acid groups (broad SMARTS) is 1. The quantitative estimate of drug-likeness (QED) is 0.117. The highest BCUT2D eigenvalue weighted by Crippen LogP contribution is 2.45. The number of rotatable bonds is 14. The lowest BCUT2D eigenvalue weighted by molar-refractivity contribution is -0.143. The largest absolute Gasteiger partial charge is 0.480 e. The second kappa shape index (κ2) is 14.2. The summed E-state index contributed by atoms with van der Waals surface area (Å²) in [5.41, 5.74) is -1.04. The summed E-state index contributed by atoms with van der Waals surface area (Å²) in [6, 6.07) is 5.05. The van der Waals surface area contributed by atoms with Crippen LogP contribution in [-0.2, 0) is 26.2 Å². The first kappa shape index (κ1) is 34.9. The number of urea groups is 1. The van der Waals surface area contributed by atoms with Crippen molar-refractivity contribution in [3.05, 3.63) is 42.0 Å². The van der Waals surface area contributed by atoms with Gasteiger partial charge in [-0.05, 0) is 49.1 Å². The number of hydrogen-bond donors (Lipinski definition) is 5. The van der Waals surface area contributed by atoms with Crippen molar-refractivity contribution in [2.45, 2.75) is 108 Å². The lowest BCUT2D eigenvalue weighted by Gasteiger charge is -2.34. The Hall–Kier alpha value is -3.00. The molecule has 4 rings (SSSR count). The summed E-state index contributed by atoms with van der Waals surface area (Å²) in [7, 11) is -3.68. The van der Waals surface area contributed by atoms with Gasteiger partial charge in [-0.3, -0.25) is 14.9 Å². The fourth-order valence-electron chi connectivity index (χ4n) is 6.23. The van der Waals surface area contributed by atoms with Gasteiger partial charge in [-0.1, -0.05) is 70.9 Å². The fraction of sp³-hybridized carbons (Fsp3) is 0.656. The van der Waals surface area contributed by atoms with E-state index in [1.165, 1.54) is 9.21 Å². The second-order valence-corrected chi connectivity index (χ2v) is 15.5. The van der Waals surface area contributed by atoms with Crippen LogP contribution >= 0.6 is 0 Å². The number of carboxylic acids is 1. The van der Waals surface area contributed by atoms with Gasteiger partial charge >= 0.3 is 12.0 Å². The minimum atomic E-state index is -3.68. The van der Waals surface area contributed by atoms with E-state index >= 15 is 0 Å². The Morgan fingerprint density at radius 3 is 2.58 bits per heavy atom. The van der Waals surface area contributed by atoms with Gasteiger partial charge in [0.1, 0.15) is 11.8 Å². The maximum atomic E-state index is 13.2. The lowest BCUT2D eigenvalue weighted by atomic mass is 9.86. The number of unbranched alkanes of at least 4 members (excludes halogenated alkanes) is 3. The van der Waals surface area contributed by atoms with Crippen LogP contribution in [0, 0.1) is 11.3 Å². The first-order chi connectivity index (χ1) is 21.2. The molecule has 0 spiro atoms. The lowest BCUT2D eigenvalue weighted by Crippen LogP contribution is -2.57. The summed E-state index contributed by atoms with van der Waals surface area (Å²) in [4.78, 5) is 40.0. The van der Waals surface area contributed by atoms with E-state index in [4.69, 9.17) is 0 Å². The third-order valence-electron chi connectivity index (χ3n) is 9.20. The molecule has 45 heavy (non-hydrogen) atoms. The molecule has 5 atom stereocenters. The highest BCUT2D eigenvalue weighted by molar-refractivity contribution is 7.89. The van der Waals surface area contributed by atoms with Crippen molar-refractivity contribution >= 4 is 27.9 Å². The van der Waals surface area contributed by atoms with Crippen LogP contribution in [0.15, 0.2) is 41.3 Å². The summed E-state index contributed by atoms with van der Waals surface area (Å²) in [6.45, 7) is 8.17. The van der Waals surface area contributed by atoms with Crippen LogP contribution in [0.4, 0.5) is 4.79 Å². The maximum absolute atomic E-state index is 13.2. The average molecular weight is 648 g/mol. The molecule has 1 aromatic carbocycles. The van der Waals surface area contributed by atoms with Crippen molar-refractivity contribution in [2.75, 3.05) is 19.6 Å². The number of benzene rings is 1. The van der Waals surface area contributed by atoms with E-state index in [1.807, 2.05) is 32.9 Å². The van der Waals surface area contributed by atoms with E-state index in [0.29, 0.717) is 31.4 Å². The standard InChI is InChI=1S/C32H49N5O7S/c1-5-6-7-8-9-14-23-18-32(23,29(40)41)35-28(39)24-15-12-17-37(24)27(38)19-33-30(42)34-26(31(2,3)4)21-36-20-22-13-10-11-16-25(22)45(36,43)44/h9-11,13-14,16,23-24,26,28,35,39H,5-8,12,15,17-21H2,1-4H3,(H,40,41)(H2,33,34,42)/b14-9-/t23?,24-,26?,28?,32+/m0/s1. The molecular weight excluding hydrogens is 598 g/mol. The molecule has 0 radical (unpaired) electrons. The van der Waals surface area contributed by atoms with E-state index in [0.717, 1.165) is 25.7 Å². The molecule has 0 bridgehead atoms. The Balaban J connectivity index is 1.30. The number of carbonyl (C=O) groups is 3. The van der Waals surface area contributed by atoms with Crippen molar-refractivity contribution < 1.29 is 33.0 Å². The topological polar surface area (TPSA) is 168 Å². The van der Waals surface area contributed by atoms with Crippen LogP contribution in [-0.4, -0.2) is 89.2 Å². The van der Waals surface area contributed by atoms with Gasteiger partial charge in [0.15, 0.2) is 0 Å². The molecule has 2 fully saturated rings. The van der Waals surface area contributed by atoms with Gasteiger partial charge in [-0.15, -0.1) is 0 Å². The van der Waals surface area contributed by atoms with Crippen molar-refractivity contribution in [3.8, 4) is 0 Å². The summed E-state index contributed by atoms with van der Waals surface area (Å²) in [6.07, 6.45) is 8.35. The zero-order valence-corrected chi connectivity index (χ0v) is 27.6. The zero-order valence-electron chi connectivity index (χ0n) is 26.8. The van der Waals surface area contributed by atoms with E-state index < -0.39 is 57.2 Å². The third kappa shape index (κ3) is 8.05. The molecule has 2 heterocycles. The molecule has 2 aliphatic heterocycles. The first-order valence-corrected chi connectivity index (χ1v) is 17.4. The van der Waals surface area contributed by atoms with Crippen LogP contribution in [0.2, 0.25) is 0 Å². The van der Waals surface area contributed by atoms with Crippen LogP contribution < -0.4 is 16.0 Å². The summed E-state index contributed by atoms with van der Waals surface area (Å²) >= 11 is 0. The highest BCUT2D eigenvalue weighted by Gasteiger charge is 2.60. The van der Waals surface area contributed by atoms with E-state index in [2.05, 4.69) is 22.9 Å².